The molecule has 1 aliphatic heterocycles. The summed E-state index contributed by atoms with van der Waals surface area (Å²) in [6.07, 6.45) is 1.11. The molecule has 31 heavy (non-hydrogen) atoms. The minimum Gasteiger partial charge on any atom is -0.369 e. The molecule has 2 aromatic rings. The summed E-state index contributed by atoms with van der Waals surface area (Å²) in [5.41, 5.74) is 6.14. The number of nitrogens with one attached hydrogen (secondary N) is 2. The summed E-state index contributed by atoms with van der Waals surface area (Å²) in [6, 6.07) is 8.83. The summed E-state index contributed by atoms with van der Waals surface area (Å²) < 4.78 is 1.93. The molecular formula is C24H39N7. The molecule has 7 nitrogen and oxygen atoms in total. The van der Waals surface area contributed by atoms with Gasteiger partial charge in [-0.25, -0.2) is 4.99 Å². The average molecular weight is 426 g/mol. The number of hydrogen-bond donors (Lipinski definition) is 2. The minimum atomic E-state index is 0.655. The van der Waals surface area contributed by atoms with Crippen LogP contribution in [0.1, 0.15) is 35.9 Å². The number of guanidine groups is 1. The molecule has 3 rings (SSSR count). The van der Waals surface area contributed by atoms with E-state index in [-0.39, 0.29) is 0 Å². The maximum Gasteiger partial charge on any atom is 0.191 e. The highest BCUT2D eigenvalue weighted by Crippen LogP contribution is 2.17. The second-order valence-corrected chi connectivity index (χ2v) is 8.42. The van der Waals surface area contributed by atoms with Crippen molar-refractivity contribution in [2.45, 2.75) is 40.7 Å². The van der Waals surface area contributed by atoms with Crippen LogP contribution in [-0.4, -0.2) is 66.5 Å². The second-order valence-electron chi connectivity index (χ2n) is 8.42. The SMILES string of the molecule is CCNC(=NCc1c(C)nn(C)c1C)NCCCN1CCN(c2cccc(C)c2)CC1. The van der Waals surface area contributed by atoms with Gasteiger partial charge >= 0.3 is 0 Å². The summed E-state index contributed by atoms with van der Waals surface area (Å²) >= 11 is 0. The van der Waals surface area contributed by atoms with Gasteiger partial charge in [0.1, 0.15) is 0 Å². The number of aromatic nitrogens is 2. The number of benzene rings is 1. The number of aliphatic imine (C=N–C) groups is 1. The maximum absolute atomic E-state index is 4.77. The molecule has 1 saturated heterocycles. The maximum atomic E-state index is 4.77. The van der Waals surface area contributed by atoms with Crippen LogP contribution in [0.5, 0.6) is 0 Å². The first kappa shape index (κ1) is 23.1. The second kappa shape index (κ2) is 11.2. The van der Waals surface area contributed by atoms with Crippen molar-refractivity contribution in [3.05, 3.63) is 46.8 Å². The fourth-order valence-electron chi connectivity index (χ4n) is 4.11. The van der Waals surface area contributed by atoms with Crippen LogP contribution in [0.25, 0.3) is 0 Å². The zero-order valence-corrected chi connectivity index (χ0v) is 19.9. The van der Waals surface area contributed by atoms with Crippen LogP contribution < -0.4 is 15.5 Å². The van der Waals surface area contributed by atoms with Crippen LogP contribution in [0.4, 0.5) is 5.69 Å². The molecule has 0 atom stereocenters. The normalized spacial score (nSPS) is 15.4. The molecule has 0 aliphatic carbocycles. The van der Waals surface area contributed by atoms with Crippen LogP contribution in [0.15, 0.2) is 29.3 Å². The molecule has 1 fully saturated rings. The predicted octanol–water partition coefficient (Wildman–Crippen LogP) is 2.61. The summed E-state index contributed by atoms with van der Waals surface area (Å²) in [5, 5.41) is 11.3. The third-order valence-electron chi connectivity index (χ3n) is 6.08. The number of nitrogens with zero attached hydrogens (tertiary/aromatic N) is 5. The van der Waals surface area contributed by atoms with Gasteiger partial charge in [0.25, 0.3) is 0 Å². The van der Waals surface area contributed by atoms with Crippen molar-refractivity contribution in [2.75, 3.05) is 50.7 Å². The first-order valence-electron chi connectivity index (χ1n) is 11.5. The van der Waals surface area contributed by atoms with Crippen molar-refractivity contribution < 1.29 is 0 Å². The smallest absolute Gasteiger partial charge is 0.191 e. The molecule has 7 heteroatoms. The fraction of sp³-hybridized carbons (Fsp3) is 0.583. The van der Waals surface area contributed by atoms with Crippen molar-refractivity contribution in [3.63, 3.8) is 0 Å². The van der Waals surface area contributed by atoms with E-state index in [9.17, 15) is 0 Å². The van der Waals surface area contributed by atoms with E-state index in [0.29, 0.717) is 6.54 Å². The monoisotopic (exact) mass is 425 g/mol. The topological polar surface area (TPSA) is 60.7 Å². The van der Waals surface area contributed by atoms with E-state index in [1.165, 1.54) is 22.5 Å². The highest BCUT2D eigenvalue weighted by Gasteiger charge is 2.16. The standard InChI is InChI=1S/C24H39N7/c1-6-25-24(27-18-23-20(3)28-29(5)21(23)4)26-11-8-12-30-13-15-31(16-14-30)22-10-7-9-19(2)17-22/h7,9-10,17H,6,8,11-16,18H2,1-5H3,(H2,25,26,27). The Kier molecular flexibility index (Phi) is 8.35. The molecule has 1 aromatic heterocycles. The van der Waals surface area contributed by atoms with E-state index in [4.69, 9.17) is 4.99 Å². The van der Waals surface area contributed by atoms with Gasteiger partial charge < -0.3 is 15.5 Å². The number of aryl methyl sites for hydroxylation is 3. The van der Waals surface area contributed by atoms with Gasteiger partial charge in [0, 0.05) is 63.3 Å². The first-order chi connectivity index (χ1) is 15.0. The van der Waals surface area contributed by atoms with E-state index >= 15 is 0 Å². The molecule has 2 N–H and O–H groups in total. The van der Waals surface area contributed by atoms with E-state index in [0.717, 1.165) is 63.9 Å². The Hall–Kier alpha value is -2.54. The molecule has 1 aromatic carbocycles. The van der Waals surface area contributed by atoms with Crippen molar-refractivity contribution >= 4 is 11.6 Å². The predicted molar refractivity (Wildman–Crippen MR) is 130 cm³/mol. The van der Waals surface area contributed by atoms with Gasteiger partial charge in [0.2, 0.25) is 0 Å². The van der Waals surface area contributed by atoms with Crippen molar-refractivity contribution in [1.29, 1.82) is 0 Å². The Labute approximate surface area is 187 Å². The molecule has 0 spiro atoms. The van der Waals surface area contributed by atoms with Gasteiger partial charge in [-0.15, -0.1) is 0 Å². The third-order valence-corrected chi connectivity index (χ3v) is 6.08. The Balaban J connectivity index is 1.40. The minimum absolute atomic E-state index is 0.655. The summed E-state index contributed by atoms with van der Waals surface area (Å²) in [7, 11) is 1.99. The van der Waals surface area contributed by atoms with Crippen LogP contribution >= 0.6 is 0 Å². The Morgan fingerprint density at radius 1 is 1.10 bits per heavy atom. The Bertz CT molecular complexity index is 863. The summed E-state index contributed by atoms with van der Waals surface area (Å²) in [5.74, 6) is 0.884. The van der Waals surface area contributed by atoms with Crippen LogP contribution in [0.2, 0.25) is 0 Å². The molecule has 0 unspecified atom stereocenters. The van der Waals surface area contributed by atoms with E-state index < -0.39 is 0 Å². The average Bonchev–Trinajstić information content (AvgIpc) is 3.00. The molecule has 1 aliphatic rings. The third kappa shape index (κ3) is 6.47. The lowest BCUT2D eigenvalue weighted by atomic mass is 10.2. The quantitative estimate of drug-likeness (QED) is 0.387. The van der Waals surface area contributed by atoms with Crippen molar-refractivity contribution in [2.24, 2.45) is 12.0 Å². The van der Waals surface area contributed by atoms with Gasteiger partial charge in [0.15, 0.2) is 5.96 Å². The zero-order valence-electron chi connectivity index (χ0n) is 19.9. The van der Waals surface area contributed by atoms with Gasteiger partial charge in [-0.05, 0) is 58.4 Å². The molecule has 170 valence electrons. The summed E-state index contributed by atoms with van der Waals surface area (Å²) in [6.45, 7) is 16.4. The van der Waals surface area contributed by atoms with Gasteiger partial charge in [-0.3, -0.25) is 9.58 Å². The molecule has 0 radical (unpaired) electrons. The molecule has 0 saturated carbocycles. The highest BCUT2D eigenvalue weighted by molar-refractivity contribution is 5.79. The van der Waals surface area contributed by atoms with E-state index in [1.54, 1.807) is 0 Å². The van der Waals surface area contributed by atoms with Crippen LogP contribution in [0.3, 0.4) is 0 Å². The largest absolute Gasteiger partial charge is 0.369 e. The lowest BCUT2D eigenvalue weighted by molar-refractivity contribution is 0.255. The van der Waals surface area contributed by atoms with Crippen molar-refractivity contribution in [3.8, 4) is 0 Å². The fourth-order valence-corrected chi connectivity index (χ4v) is 4.11. The molecular weight excluding hydrogens is 386 g/mol. The highest BCUT2D eigenvalue weighted by atomic mass is 15.3. The van der Waals surface area contributed by atoms with E-state index in [1.807, 2.05) is 11.7 Å². The zero-order chi connectivity index (χ0) is 22.2. The lowest BCUT2D eigenvalue weighted by Gasteiger charge is -2.36. The Morgan fingerprint density at radius 3 is 2.52 bits per heavy atom. The van der Waals surface area contributed by atoms with Gasteiger partial charge in [-0.1, -0.05) is 12.1 Å². The number of anilines is 1. The van der Waals surface area contributed by atoms with Crippen molar-refractivity contribution in [1.82, 2.24) is 25.3 Å². The first-order valence-corrected chi connectivity index (χ1v) is 11.5. The van der Waals surface area contributed by atoms with E-state index in [2.05, 4.69) is 77.5 Å². The summed E-state index contributed by atoms with van der Waals surface area (Å²) in [4.78, 5) is 9.84. The van der Waals surface area contributed by atoms with Crippen LogP contribution in [0, 0.1) is 20.8 Å². The van der Waals surface area contributed by atoms with Gasteiger partial charge in [-0.2, -0.15) is 5.10 Å². The lowest BCUT2D eigenvalue weighted by Crippen LogP contribution is -2.47. The van der Waals surface area contributed by atoms with Crippen LogP contribution in [-0.2, 0) is 13.6 Å². The molecule has 0 amide bonds. The molecule has 0 bridgehead atoms. The Morgan fingerprint density at radius 2 is 1.87 bits per heavy atom. The molecule has 2 heterocycles. The number of rotatable bonds is 8. The number of hydrogen-bond acceptors (Lipinski definition) is 4. The van der Waals surface area contributed by atoms with Gasteiger partial charge in [0.05, 0.1) is 12.2 Å². The number of piperazine rings is 1.